The molecule has 6 heteroatoms. The smallest absolute Gasteiger partial charge is 0.305 e. The van der Waals surface area contributed by atoms with Gasteiger partial charge in [-0.1, -0.05) is 0 Å². The van der Waals surface area contributed by atoms with Crippen molar-refractivity contribution in [2.24, 2.45) is 0 Å². The van der Waals surface area contributed by atoms with Gasteiger partial charge in [0.25, 0.3) is 5.91 Å². The fourth-order valence-corrected chi connectivity index (χ4v) is 2.45. The zero-order chi connectivity index (χ0) is 12.4. The molecule has 0 aromatic carbocycles. The Balaban J connectivity index is 2.08. The summed E-state index contributed by atoms with van der Waals surface area (Å²) in [5.74, 6) is -0.946. The van der Waals surface area contributed by atoms with Gasteiger partial charge >= 0.3 is 5.97 Å². The van der Waals surface area contributed by atoms with E-state index in [1.165, 1.54) is 11.3 Å². The van der Waals surface area contributed by atoms with Gasteiger partial charge in [-0.05, 0) is 19.8 Å². The number of carboxylic acid groups (broad SMARTS) is 1. The molecule has 1 fully saturated rings. The number of carbonyl (C=O) groups excluding carboxylic acids is 1. The summed E-state index contributed by atoms with van der Waals surface area (Å²) in [6.07, 6.45) is 1.95. The van der Waals surface area contributed by atoms with Crippen molar-refractivity contribution in [2.75, 3.05) is 6.54 Å². The number of amides is 1. The zero-order valence-electron chi connectivity index (χ0n) is 9.55. The summed E-state index contributed by atoms with van der Waals surface area (Å²) in [6.45, 7) is 2.09. The Hall–Kier alpha value is -1.43. The van der Waals surface area contributed by atoms with Gasteiger partial charge in [0.15, 0.2) is 0 Å². The van der Waals surface area contributed by atoms with Crippen LogP contribution in [0.5, 0.6) is 0 Å². The molecule has 17 heavy (non-hydrogen) atoms. The van der Waals surface area contributed by atoms with E-state index >= 15 is 0 Å². The maximum atomic E-state index is 12.2. The van der Waals surface area contributed by atoms with E-state index in [1.807, 2.05) is 0 Å². The minimum absolute atomic E-state index is 0.0000907. The van der Waals surface area contributed by atoms with Crippen LogP contribution in [-0.4, -0.2) is 39.5 Å². The van der Waals surface area contributed by atoms with Gasteiger partial charge in [-0.3, -0.25) is 9.59 Å². The van der Waals surface area contributed by atoms with Crippen LogP contribution in [0.15, 0.2) is 5.51 Å². The summed E-state index contributed by atoms with van der Waals surface area (Å²) in [5, 5.41) is 8.68. The first-order valence-electron chi connectivity index (χ1n) is 5.52. The summed E-state index contributed by atoms with van der Waals surface area (Å²) in [7, 11) is 0. The van der Waals surface area contributed by atoms with Crippen LogP contribution >= 0.6 is 11.3 Å². The molecule has 92 valence electrons. The molecule has 1 aromatic heterocycles. The maximum absolute atomic E-state index is 12.2. The standard InChI is InChI=1S/C11H14N2O3S/c1-7-10(17-6-12-7)11(16)13(8-2-3-8)5-4-9(14)15/h6,8H,2-5H2,1H3,(H,14,15). The normalized spacial score (nSPS) is 14.6. The highest BCUT2D eigenvalue weighted by atomic mass is 32.1. The van der Waals surface area contributed by atoms with E-state index in [0.717, 1.165) is 18.5 Å². The molecule has 1 heterocycles. The molecule has 0 unspecified atom stereocenters. The monoisotopic (exact) mass is 254 g/mol. The number of carboxylic acids is 1. The predicted octanol–water partition coefficient (Wildman–Crippen LogP) is 1.53. The number of thiazole rings is 1. The van der Waals surface area contributed by atoms with Crippen molar-refractivity contribution in [3.05, 3.63) is 16.1 Å². The Bertz CT molecular complexity index is 440. The van der Waals surface area contributed by atoms with Crippen molar-refractivity contribution < 1.29 is 14.7 Å². The van der Waals surface area contributed by atoms with Gasteiger partial charge < -0.3 is 10.0 Å². The van der Waals surface area contributed by atoms with Crippen molar-refractivity contribution >= 4 is 23.2 Å². The predicted molar refractivity (Wildman–Crippen MR) is 63.2 cm³/mol. The van der Waals surface area contributed by atoms with Crippen molar-refractivity contribution in [3.8, 4) is 0 Å². The molecule has 5 nitrogen and oxygen atoms in total. The average molecular weight is 254 g/mol. The largest absolute Gasteiger partial charge is 0.481 e. The lowest BCUT2D eigenvalue weighted by atomic mass is 10.3. The van der Waals surface area contributed by atoms with E-state index in [2.05, 4.69) is 4.98 Å². The highest BCUT2D eigenvalue weighted by molar-refractivity contribution is 7.11. The van der Waals surface area contributed by atoms with Crippen molar-refractivity contribution in [1.29, 1.82) is 0 Å². The van der Waals surface area contributed by atoms with Crippen LogP contribution in [0.3, 0.4) is 0 Å². The van der Waals surface area contributed by atoms with Gasteiger partial charge in [0.05, 0.1) is 17.6 Å². The number of hydrogen-bond donors (Lipinski definition) is 1. The molecule has 0 saturated heterocycles. The molecule has 1 saturated carbocycles. The summed E-state index contributed by atoms with van der Waals surface area (Å²) >= 11 is 1.32. The Kier molecular flexibility index (Phi) is 3.42. The van der Waals surface area contributed by atoms with E-state index in [-0.39, 0.29) is 24.9 Å². The minimum Gasteiger partial charge on any atom is -0.481 e. The Morgan fingerprint density at radius 1 is 1.59 bits per heavy atom. The van der Waals surface area contributed by atoms with Gasteiger partial charge in [-0.15, -0.1) is 11.3 Å². The average Bonchev–Trinajstić information content (AvgIpc) is 3.00. The van der Waals surface area contributed by atoms with Crippen LogP contribution in [0.2, 0.25) is 0 Å². The second kappa shape index (κ2) is 4.83. The fourth-order valence-electron chi connectivity index (χ4n) is 1.69. The molecule has 0 spiro atoms. The van der Waals surface area contributed by atoms with Crippen LogP contribution in [0.4, 0.5) is 0 Å². The van der Waals surface area contributed by atoms with E-state index in [1.54, 1.807) is 17.3 Å². The van der Waals surface area contributed by atoms with Gasteiger partial charge in [-0.25, -0.2) is 4.98 Å². The Morgan fingerprint density at radius 2 is 2.29 bits per heavy atom. The molecule has 1 aliphatic carbocycles. The van der Waals surface area contributed by atoms with Crippen LogP contribution in [0.1, 0.15) is 34.6 Å². The van der Waals surface area contributed by atoms with Crippen molar-refractivity contribution in [3.63, 3.8) is 0 Å². The maximum Gasteiger partial charge on any atom is 0.305 e. The molecule has 1 aromatic rings. The van der Waals surface area contributed by atoms with Crippen LogP contribution < -0.4 is 0 Å². The summed E-state index contributed by atoms with van der Waals surface area (Å²) in [4.78, 5) is 29.2. The summed E-state index contributed by atoms with van der Waals surface area (Å²) < 4.78 is 0. The van der Waals surface area contributed by atoms with Crippen molar-refractivity contribution in [1.82, 2.24) is 9.88 Å². The number of nitrogens with zero attached hydrogens (tertiary/aromatic N) is 2. The number of aromatic nitrogens is 1. The summed E-state index contributed by atoms with van der Waals surface area (Å²) in [6, 6.07) is 0.225. The number of carbonyl (C=O) groups is 2. The Morgan fingerprint density at radius 3 is 2.76 bits per heavy atom. The molecule has 0 atom stereocenters. The first kappa shape index (κ1) is 12.0. The fraction of sp³-hybridized carbons (Fsp3) is 0.545. The van der Waals surface area contributed by atoms with Gasteiger partial charge in [0, 0.05) is 12.6 Å². The first-order valence-corrected chi connectivity index (χ1v) is 6.40. The van der Waals surface area contributed by atoms with Crippen LogP contribution in [0.25, 0.3) is 0 Å². The van der Waals surface area contributed by atoms with Gasteiger partial charge in [0.2, 0.25) is 0 Å². The highest BCUT2D eigenvalue weighted by Gasteiger charge is 2.34. The van der Waals surface area contributed by atoms with Crippen LogP contribution in [0, 0.1) is 6.92 Å². The van der Waals surface area contributed by atoms with E-state index in [4.69, 9.17) is 5.11 Å². The van der Waals surface area contributed by atoms with Crippen LogP contribution in [-0.2, 0) is 4.79 Å². The highest BCUT2D eigenvalue weighted by Crippen LogP contribution is 2.29. The third kappa shape index (κ3) is 2.82. The molecule has 0 bridgehead atoms. The lowest BCUT2D eigenvalue weighted by Crippen LogP contribution is -2.34. The number of rotatable bonds is 5. The topological polar surface area (TPSA) is 70.5 Å². The summed E-state index contributed by atoms with van der Waals surface area (Å²) in [5.41, 5.74) is 2.37. The SMILES string of the molecule is Cc1ncsc1C(=O)N(CCC(=O)O)C1CC1. The molecule has 1 aliphatic rings. The second-order valence-corrected chi connectivity index (χ2v) is 5.00. The third-order valence-electron chi connectivity index (χ3n) is 2.75. The Labute approximate surface area is 103 Å². The van der Waals surface area contributed by atoms with Gasteiger partial charge in [0.1, 0.15) is 4.88 Å². The molecular weight excluding hydrogens is 240 g/mol. The van der Waals surface area contributed by atoms with E-state index < -0.39 is 5.97 Å². The molecule has 0 radical (unpaired) electrons. The number of aliphatic carboxylic acids is 1. The zero-order valence-corrected chi connectivity index (χ0v) is 10.4. The van der Waals surface area contributed by atoms with Gasteiger partial charge in [-0.2, -0.15) is 0 Å². The first-order chi connectivity index (χ1) is 8.09. The molecule has 1 N–H and O–H groups in total. The second-order valence-electron chi connectivity index (χ2n) is 4.14. The molecule has 2 rings (SSSR count). The van der Waals surface area contributed by atoms with E-state index in [0.29, 0.717) is 4.88 Å². The molecular formula is C11H14N2O3S. The number of aryl methyl sites for hydroxylation is 1. The molecule has 1 amide bonds. The lowest BCUT2D eigenvalue weighted by Gasteiger charge is -2.20. The third-order valence-corrected chi connectivity index (χ3v) is 3.67. The lowest BCUT2D eigenvalue weighted by molar-refractivity contribution is -0.137. The van der Waals surface area contributed by atoms with Crippen molar-refractivity contribution in [2.45, 2.75) is 32.2 Å². The minimum atomic E-state index is -0.871. The quantitative estimate of drug-likeness (QED) is 0.865. The van der Waals surface area contributed by atoms with E-state index in [9.17, 15) is 9.59 Å². The molecule has 0 aliphatic heterocycles. The number of hydrogen-bond acceptors (Lipinski definition) is 4.